The summed E-state index contributed by atoms with van der Waals surface area (Å²) in [6, 6.07) is 13.9. The number of nitrogens with one attached hydrogen (secondary N) is 1. The molecule has 4 heteroatoms. The van der Waals surface area contributed by atoms with Gasteiger partial charge in [0.25, 0.3) is 0 Å². The van der Waals surface area contributed by atoms with Crippen LogP contribution in [0.5, 0.6) is 5.75 Å². The van der Waals surface area contributed by atoms with Gasteiger partial charge in [-0.15, -0.1) is 0 Å². The maximum Gasteiger partial charge on any atom is 0.125 e. The molecule has 0 amide bonds. The summed E-state index contributed by atoms with van der Waals surface area (Å²) in [7, 11) is 1.62. The Bertz CT molecular complexity index is 603. The van der Waals surface area contributed by atoms with Crippen molar-refractivity contribution in [2.45, 2.75) is 18.9 Å². The van der Waals surface area contributed by atoms with Gasteiger partial charge in [-0.2, -0.15) is 0 Å². The molecule has 0 spiro atoms. The summed E-state index contributed by atoms with van der Waals surface area (Å²) in [5.74, 6) is 0.468. The van der Waals surface area contributed by atoms with Crippen molar-refractivity contribution in [3.63, 3.8) is 0 Å². The molecule has 2 aromatic rings. The second-order valence-electron chi connectivity index (χ2n) is 5.34. The summed E-state index contributed by atoms with van der Waals surface area (Å²) in [5, 5.41) is 12.9. The number of methoxy groups -OCH3 is 1. The van der Waals surface area contributed by atoms with Gasteiger partial charge < -0.3 is 15.2 Å². The molecule has 0 aliphatic heterocycles. The molecule has 2 N–H and O–H groups in total. The molecular formula is C17H20FNO2. The van der Waals surface area contributed by atoms with Crippen molar-refractivity contribution in [2.75, 3.05) is 19.0 Å². The minimum atomic E-state index is -0.609. The maximum absolute atomic E-state index is 13.3. The van der Waals surface area contributed by atoms with Gasteiger partial charge in [-0.25, -0.2) is 4.39 Å². The van der Waals surface area contributed by atoms with Crippen LogP contribution in [0.25, 0.3) is 0 Å². The second-order valence-corrected chi connectivity index (χ2v) is 5.34. The molecule has 1 atom stereocenters. The third kappa shape index (κ3) is 3.95. The van der Waals surface area contributed by atoms with E-state index in [1.54, 1.807) is 19.2 Å². The highest BCUT2D eigenvalue weighted by atomic mass is 19.1. The lowest BCUT2D eigenvalue weighted by Gasteiger charge is -2.30. The lowest BCUT2D eigenvalue weighted by molar-refractivity contribution is 0.221. The van der Waals surface area contributed by atoms with E-state index in [2.05, 4.69) is 5.32 Å². The topological polar surface area (TPSA) is 41.5 Å². The predicted molar refractivity (Wildman–Crippen MR) is 82.2 cm³/mol. The van der Waals surface area contributed by atoms with Gasteiger partial charge in [0, 0.05) is 12.1 Å². The Hall–Kier alpha value is -2.07. The third-order valence-electron chi connectivity index (χ3n) is 3.39. The molecule has 1 unspecified atom stereocenters. The van der Waals surface area contributed by atoms with Crippen molar-refractivity contribution >= 4 is 5.69 Å². The maximum atomic E-state index is 13.3. The fourth-order valence-electron chi connectivity index (χ4n) is 2.32. The highest BCUT2D eigenvalue weighted by Crippen LogP contribution is 2.25. The van der Waals surface area contributed by atoms with E-state index in [4.69, 9.17) is 4.74 Å². The zero-order chi connectivity index (χ0) is 15.3. The standard InChI is InChI=1S/C17H20FNO2/c1-17(12-20,19-15-8-5-7-14(18)10-15)11-13-6-3-4-9-16(13)21-2/h3-10,19-20H,11-12H2,1-2H3. The van der Waals surface area contributed by atoms with Crippen molar-refractivity contribution < 1.29 is 14.2 Å². The van der Waals surface area contributed by atoms with Crippen LogP contribution in [0.4, 0.5) is 10.1 Å². The van der Waals surface area contributed by atoms with Crippen molar-refractivity contribution in [3.8, 4) is 5.75 Å². The van der Waals surface area contributed by atoms with Crippen LogP contribution < -0.4 is 10.1 Å². The second kappa shape index (κ2) is 6.59. The van der Waals surface area contributed by atoms with Crippen LogP contribution in [-0.2, 0) is 6.42 Å². The molecule has 0 aliphatic carbocycles. The number of ether oxygens (including phenoxy) is 1. The van der Waals surface area contributed by atoms with Gasteiger partial charge in [0.2, 0.25) is 0 Å². The minimum absolute atomic E-state index is 0.0818. The number of aliphatic hydroxyl groups is 1. The molecule has 0 aromatic heterocycles. The molecule has 0 saturated heterocycles. The summed E-state index contributed by atoms with van der Waals surface area (Å²) >= 11 is 0. The molecular weight excluding hydrogens is 269 g/mol. The lowest BCUT2D eigenvalue weighted by Crippen LogP contribution is -2.41. The van der Waals surface area contributed by atoms with Crippen LogP contribution in [0, 0.1) is 5.82 Å². The SMILES string of the molecule is COc1ccccc1CC(C)(CO)Nc1cccc(F)c1. The first-order chi connectivity index (χ1) is 10.1. The first-order valence-corrected chi connectivity index (χ1v) is 6.83. The van der Waals surface area contributed by atoms with Gasteiger partial charge in [0.15, 0.2) is 0 Å². The van der Waals surface area contributed by atoms with E-state index >= 15 is 0 Å². The quantitative estimate of drug-likeness (QED) is 0.858. The summed E-state index contributed by atoms with van der Waals surface area (Å²) in [5.41, 5.74) is 1.02. The third-order valence-corrected chi connectivity index (χ3v) is 3.39. The number of benzene rings is 2. The van der Waals surface area contributed by atoms with Crippen molar-refractivity contribution in [2.24, 2.45) is 0 Å². The van der Waals surface area contributed by atoms with Crippen molar-refractivity contribution in [1.82, 2.24) is 0 Å². The average Bonchev–Trinajstić information content (AvgIpc) is 2.47. The summed E-state index contributed by atoms with van der Waals surface area (Å²) in [6.07, 6.45) is 0.560. The highest BCUT2D eigenvalue weighted by Gasteiger charge is 2.25. The van der Waals surface area contributed by atoms with Gasteiger partial charge in [-0.05, 0) is 36.8 Å². The van der Waals surface area contributed by atoms with Crippen LogP contribution in [0.1, 0.15) is 12.5 Å². The van der Waals surface area contributed by atoms with E-state index < -0.39 is 5.54 Å². The van der Waals surface area contributed by atoms with Crippen molar-refractivity contribution in [1.29, 1.82) is 0 Å². The van der Waals surface area contributed by atoms with E-state index in [-0.39, 0.29) is 12.4 Å². The molecule has 0 bridgehead atoms. The first-order valence-electron chi connectivity index (χ1n) is 6.83. The number of para-hydroxylation sites is 1. The van der Waals surface area contributed by atoms with E-state index in [0.29, 0.717) is 12.1 Å². The number of halogens is 1. The normalized spacial score (nSPS) is 13.5. The monoisotopic (exact) mass is 289 g/mol. The summed E-state index contributed by atoms with van der Waals surface area (Å²) in [6.45, 7) is 1.81. The Morgan fingerprint density at radius 3 is 2.62 bits per heavy atom. The Morgan fingerprint density at radius 1 is 1.19 bits per heavy atom. The molecule has 21 heavy (non-hydrogen) atoms. The largest absolute Gasteiger partial charge is 0.496 e. The van der Waals surface area contributed by atoms with E-state index in [1.807, 2.05) is 31.2 Å². The molecule has 0 radical (unpaired) electrons. The minimum Gasteiger partial charge on any atom is -0.496 e. The number of hydrogen-bond donors (Lipinski definition) is 2. The Balaban J connectivity index is 2.21. The van der Waals surface area contributed by atoms with E-state index in [0.717, 1.165) is 11.3 Å². The predicted octanol–water partition coefficient (Wildman–Crippen LogP) is 3.24. The Kier molecular flexibility index (Phi) is 4.81. The first kappa shape index (κ1) is 15.3. The van der Waals surface area contributed by atoms with Crippen LogP contribution >= 0.6 is 0 Å². The number of hydrogen-bond acceptors (Lipinski definition) is 3. The Morgan fingerprint density at radius 2 is 1.95 bits per heavy atom. The molecule has 2 aromatic carbocycles. The molecule has 2 rings (SSSR count). The highest BCUT2D eigenvalue weighted by molar-refractivity contribution is 5.47. The van der Waals surface area contributed by atoms with Crippen molar-refractivity contribution in [3.05, 3.63) is 59.9 Å². The molecule has 0 fully saturated rings. The Labute approximate surface area is 124 Å². The number of aliphatic hydroxyl groups excluding tert-OH is 1. The van der Waals surface area contributed by atoms with Crippen LogP contribution in [0.15, 0.2) is 48.5 Å². The van der Waals surface area contributed by atoms with E-state index in [9.17, 15) is 9.50 Å². The fourth-order valence-corrected chi connectivity index (χ4v) is 2.32. The van der Waals surface area contributed by atoms with Gasteiger partial charge in [-0.1, -0.05) is 24.3 Å². The van der Waals surface area contributed by atoms with Crippen LogP contribution in [0.2, 0.25) is 0 Å². The van der Waals surface area contributed by atoms with Crippen LogP contribution in [-0.4, -0.2) is 24.4 Å². The van der Waals surface area contributed by atoms with Gasteiger partial charge in [-0.3, -0.25) is 0 Å². The smallest absolute Gasteiger partial charge is 0.125 e. The number of anilines is 1. The zero-order valence-electron chi connectivity index (χ0n) is 12.3. The molecule has 0 heterocycles. The van der Waals surface area contributed by atoms with Gasteiger partial charge in [0.05, 0.1) is 19.3 Å². The number of rotatable bonds is 6. The summed E-state index contributed by atoms with van der Waals surface area (Å²) in [4.78, 5) is 0. The van der Waals surface area contributed by atoms with Gasteiger partial charge >= 0.3 is 0 Å². The lowest BCUT2D eigenvalue weighted by atomic mass is 9.92. The zero-order valence-corrected chi connectivity index (χ0v) is 12.3. The fraction of sp³-hybridized carbons (Fsp3) is 0.294. The average molecular weight is 289 g/mol. The molecule has 3 nitrogen and oxygen atoms in total. The molecule has 112 valence electrons. The van der Waals surface area contributed by atoms with E-state index in [1.165, 1.54) is 12.1 Å². The molecule has 0 saturated carbocycles. The summed E-state index contributed by atoms with van der Waals surface area (Å²) < 4.78 is 18.6. The molecule has 0 aliphatic rings. The van der Waals surface area contributed by atoms with Gasteiger partial charge in [0.1, 0.15) is 11.6 Å². The van der Waals surface area contributed by atoms with Crippen LogP contribution in [0.3, 0.4) is 0 Å².